The van der Waals surface area contributed by atoms with Crippen LogP contribution in [0.2, 0.25) is 5.02 Å². The third-order valence-corrected chi connectivity index (χ3v) is 5.13. The van der Waals surface area contributed by atoms with Gasteiger partial charge >= 0.3 is 12.1 Å². The molecule has 1 aliphatic carbocycles. The van der Waals surface area contributed by atoms with Crippen LogP contribution in [0.1, 0.15) is 36.3 Å². The summed E-state index contributed by atoms with van der Waals surface area (Å²) in [4.78, 5) is 11.7. The smallest absolute Gasteiger partial charge is 0.422 e. The number of alkyl halides is 4. The molecule has 0 aromatic heterocycles. The molecule has 2 aromatic rings. The maximum Gasteiger partial charge on any atom is 0.422 e. The predicted molar refractivity (Wildman–Crippen MR) is 101 cm³/mol. The molecule has 1 unspecified atom stereocenters. The van der Waals surface area contributed by atoms with E-state index in [1.165, 1.54) is 36.4 Å². The first-order valence-corrected chi connectivity index (χ1v) is 9.47. The summed E-state index contributed by atoms with van der Waals surface area (Å²) < 4.78 is 56.0. The normalized spacial score (nSPS) is 15.2. The van der Waals surface area contributed by atoms with Gasteiger partial charge in [0.1, 0.15) is 12.4 Å². The Morgan fingerprint density at radius 2 is 1.86 bits per heavy atom. The number of hydrogen-bond donors (Lipinski definition) is 1. The Hall–Kier alpha value is -2.28. The van der Waals surface area contributed by atoms with Gasteiger partial charge < -0.3 is 9.84 Å². The largest absolute Gasteiger partial charge is 0.483 e. The van der Waals surface area contributed by atoms with E-state index in [4.69, 9.17) is 16.3 Å². The zero-order chi connectivity index (χ0) is 21.2. The molecule has 8 heteroatoms. The third-order valence-electron chi connectivity index (χ3n) is 4.83. The number of hydrogen-bond acceptors (Lipinski definition) is 2. The number of benzene rings is 2. The van der Waals surface area contributed by atoms with Gasteiger partial charge in [-0.25, -0.2) is 4.39 Å². The van der Waals surface area contributed by atoms with E-state index in [2.05, 4.69) is 0 Å². The SMILES string of the molecule is O=C(O)C(CC1CC1)c1cc(Cl)c(-c2ccc(CF)cc2)c(OCC(F)(F)F)c1. The first kappa shape index (κ1) is 21.4. The fourth-order valence-corrected chi connectivity index (χ4v) is 3.51. The van der Waals surface area contributed by atoms with Crippen molar-refractivity contribution in [2.45, 2.75) is 38.0 Å². The van der Waals surface area contributed by atoms with E-state index in [0.717, 1.165) is 12.8 Å². The van der Waals surface area contributed by atoms with E-state index in [9.17, 15) is 27.5 Å². The van der Waals surface area contributed by atoms with Crippen LogP contribution in [0, 0.1) is 5.92 Å². The standard InChI is InChI=1S/C21H19ClF4O3/c22-17-8-15(16(20(27)28)7-12-1-2-12)9-18(29-11-21(24,25)26)19(17)14-5-3-13(10-23)4-6-14/h3-6,8-9,12,16H,1-2,7,10-11H2,(H,27,28). The molecule has 0 spiro atoms. The van der Waals surface area contributed by atoms with Crippen LogP contribution in [-0.4, -0.2) is 23.9 Å². The monoisotopic (exact) mass is 430 g/mol. The molecule has 1 atom stereocenters. The van der Waals surface area contributed by atoms with Gasteiger partial charge in [-0.15, -0.1) is 0 Å². The summed E-state index contributed by atoms with van der Waals surface area (Å²) >= 11 is 6.37. The lowest BCUT2D eigenvalue weighted by Crippen LogP contribution is -2.20. The molecule has 3 nitrogen and oxygen atoms in total. The van der Waals surface area contributed by atoms with Gasteiger partial charge in [0, 0.05) is 5.56 Å². The highest BCUT2D eigenvalue weighted by Gasteiger charge is 2.33. The highest BCUT2D eigenvalue weighted by molar-refractivity contribution is 6.33. The molecule has 0 aliphatic heterocycles. The van der Waals surface area contributed by atoms with Gasteiger partial charge in [-0.1, -0.05) is 48.7 Å². The Balaban J connectivity index is 2.04. The predicted octanol–water partition coefficient (Wildman–Crippen LogP) is 6.39. The average molecular weight is 431 g/mol. The lowest BCUT2D eigenvalue weighted by molar-refractivity contribution is -0.153. The molecule has 0 amide bonds. The molecule has 0 bridgehead atoms. The van der Waals surface area contributed by atoms with Crippen LogP contribution in [-0.2, 0) is 11.5 Å². The molecular formula is C21H19ClF4O3. The van der Waals surface area contributed by atoms with Gasteiger partial charge in [0.25, 0.3) is 0 Å². The van der Waals surface area contributed by atoms with Gasteiger partial charge in [0.05, 0.1) is 10.9 Å². The van der Waals surface area contributed by atoms with Gasteiger partial charge in [-0.2, -0.15) is 13.2 Å². The fraction of sp³-hybridized carbons (Fsp3) is 0.381. The van der Waals surface area contributed by atoms with Crippen LogP contribution in [0.5, 0.6) is 5.75 Å². The van der Waals surface area contributed by atoms with E-state index in [1.54, 1.807) is 0 Å². The second-order valence-electron chi connectivity index (χ2n) is 7.18. The van der Waals surface area contributed by atoms with Crippen LogP contribution in [0.15, 0.2) is 36.4 Å². The van der Waals surface area contributed by atoms with Crippen molar-refractivity contribution < 1.29 is 32.2 Å². The summed E-state index contributed by atoms with van der Waals surface area (Å²) in [6.07, 6.45) is -2.30. The Bertz CT molecular complexity index is 877. The summed E-state index contributed by atoms with van der Waals surface area (Å²) in [5, 5.41) is 9.67. The molecule has 3 rings (SSSR count). The van der Waals surface area contributed by atoms with E-state index in [1.807, 2.05) is 0 Å². The molecule has 29 heavy (non-hydrogen) atoms. The number of halogens is 5. The summed E-state index contributed by atoms with van der Waals surface area (Å²) in [5.41, 5.74) is 1.37. The first-order chi connectivity index (χ1) is 13.7. The Kier molecular flexibility index (Phi) is 6.36. The number of aliphatic carboxylic acids is 1. The molecular weight excluding hydrogens is 412 g/mol. The lowest BCUT2D eigenvalue weighted by atomic mass is 9.91. The van der Waals surface area contributed by atoms with E-state index in [-0.39, 0.29) is 16.3 Å². The molecule has 1 N–H and O–H groups in total. The fourth-order valence-electron chi connectivity index (χ4n) is 3.18. The van der Waals surface area contributed by atoms with Gasteiger partial charge in [-0.05, 0) is 41.2 Å². The van der Waals surface area contributed by atoms with Crippen molar-refractivity contribution in [1.29, 1.82) is 0 Å². The zero-order valence-corrected chi connectivity index (χ0v) is 16.1. The molecule has 2 aromatic carbocycles. The number of carbonyl (C=O) groups is 1. The Labute approximate surface area is 170 Å². The highest BCUT2D eigenvalue weighted by Crippen LogP contribution is 2.44. The Morgan fingerprint density at radius 1 is 1.21 bits per heavy atom. The molecule has 1 saturated carbocycles. The minimum Gasteiger partial charge on any atom is -0.483 e. The van der Waals surface area contributed by atoms with Crippen molar-refractivity contribution in [3.63, 3.8) is 0 Å². The van der Waals surface area contributed by atoms with Crippen LogP contribution in [0.25, 0.3) is 11.1 Å². The number of carboxylic acid groups (broad SMARTS) is 1. The summed E-state index contributed by atoms with van der Waals surface area (Å²) in [5.74, 6) is -1.80. The van der Waals surface area contributed by atoms with Crippen molar-refractivity contribution >= 4 is 17.6 Å². The third kappa shape index (κ3) is 5.63. The molecule has 1 aliphatic rings. The number of carboxylic acids is 1. The van der Waals surface area contributed by atoms with Crippen molar-refractivity contribution in [1.82, 2.24) is 0 Å². The maximum atomic E-state index is 12.8. The van der Waals surface area contributed by atoms with Crippen molar-refractivity contribution in [2.75, 3.05) is 6.61 Å². The van der Waals surface area contributed by atoms with Gasteiger partial charge in [0.15, 0.2) is 6.61 Å². The molecule has 1 fully saturated rings. The van der Waals surface area contributed by atoms with Crippen molar-refractivity contribution in [2.24, 2.45) is 5.92 Å². The molecule has 156 valence electrons. The minimum atomic E-state index is -4.57. The summed E-state index contributed by atoms with van der Waals surface area (Å²) in [6.45, 7) is -2.21. The average Bonchev–Trinajstić information content (AvgIpc) is 3.47. The second-order valence-corrected chi connectivity index (χ2v) is 7.59. The van der Waals surface area contributed by atoms with E-state index >= 15 is 0 Å². The lowest BCUT2D eigenvalue weighted by Gasteiger charge is -2.19. The van der Waals surface area contributed by atoms with Gasteiger partial charge in [0.2, 0.25) is 0 Å². The van der Waals surface area contributed by atoms with E-state index < -0.39 is 31.3 Å². The summed E-state index contributed by atoms with van der Waals surface area (Å²) in [6, 6.07) is 8.85. The second kappa shape index (κ2) is 8.61. The van der Waals surface area contributed by atoms with Gasteiger partial charge in [-0.3, -0.25) is 4.79 Å². The first-order valence-electron chi connectivity index (χ1n) is 9.09. The van der Waals surface area contributed by atoms with Crippen LogP contribution in [0.3, 0.4) is 0 Å². The maximum absolute atomic E-state index is 12.8. The zero-order valence-electron chi connectivity index (χ0n) is 15.3. The van der Waals surface area contributed by atoms with Crippen LogP contribution in [0.4, 0.5) is 17.6 Å². The van der Waals surface area contributed by atoms with Crippen LogP contribution >= 0.6 is 11.6 Å². The van der Waals surface area contributed by atoms with Crippen LogP contribution < -0.4 is 4.74 Å². The Morgan fingerprint density at radius 3 is 2.38 bits per heavy atom. The van der Waals surface area contributed by atoms with E-state index in [0.29, 0.717) is 29.0 Å². The van der Waals surface area contributed by atoms with Crippen molar-refractivity contribution in [3.05, 3.63) is 52.5 Å². The molecule has 0 radical (unpaired) electrons. The minimum absolute atomic E-state index is 0.0784. The van der Waals surface area contributed by atoms with Crippen molar-refractivity contribution in [3.8, 4) is 16.9 Å². The quantitative estimate of drug-likeness (QED) is 0.494. The summed E-state index contributed by atoms with van der Waals surface area (Å²) in [7, 11) is 0. The topological polar surface area (TPSA) is 46.5 Å². The molecule has 0 heterocycles. The number of ether oxygens (including phenoxy) is 1. The number of rotatable bonds is 8. The molecule has 0 saturated heterocycles. The highest BCUT2D eigenvalue weighted by atomic mass is 35.5.